The lowest BCUT2D eigenvalue weighted by molar-refractivity contribution is -0.115. The summed E-state index contributed by atoms with van der Waals surface area (Å²) in [4.78, 5) is 16.9. The van der Waals surface area contributed by atoms with Gasteiger partial charge in [0.1, 0.15) is 4.38 Å². The van der Waals surface area contributed by atoms with E-state index in [0.29, 0.717) is 11.3 Å². The number of fused-ring (bicyclic) bond motifs is 1. The fourth-order valence-electron chi connectivity index (χ4n) is 2.15. The molecule has 3 rings (SSSR count). The number of nitrogens with zero attached hydrogens (tertiary/aromatic N) is 2. The van der Waals surface area contributed by atoms with E-state index in [-0.39, 0.29) is 11.2 Å². The van der Waals surface area contributed by atoms with Crippen molar-refractivity contribution in [1.82, 2.24) is 0 Å². The molecule has 0 aromatic heterocycles. The number of anilines is 1. The molecule has 120 valence electrons. The number of benzene rings is 2. The molecule has 0 saturated carbocycles. The highest BCUT2D eigenvalue weighted by Gasteiger charge is 2.20. The van der Waals surface area contributed by atoms with Crippen LogP contribution < -0.4 is 5.32 Å². The maximum atomic E-state index is 12.3. The molecule has 1 N–H and O–H groups in total. The summed E-state index contributed by atoms with van der Waals surface area (Å²) in [7, 11) is 0. The van der Waals surface area contributed by atoms with Crippen molar-refractivity contribution in [2.45, 2.75) is 17.9 Å². The first-order valence-corrected chi connectivity index (χ1v) is 9.29. The van der Waals surface area contributed by atoms with Crippen LogP contribution >= 0.6 is 23.5 Å². The number of rotatable bonds is 3. The van der Waals surface area contributed by atoms with Gasteiger partial charge in [0.25, 0.3) is 0 Å². The van der Waals surface area contributed by atoms with Gasteiger partial charge in [-0.2, -0.15) is 5.26 Å². The monoisotopic (exact) mass is 353 g/mol. The van der Waals surface area contributed by atoms with Crippen LogP contribution in [0.5, 0.6) is 0 Å². The zero-order valence-corrected chi connectivity index (χ0v) is 14.7. The smallest absolute Gasteiger partial charge is 0.237 e. The molecule has 1 amide bonds. The molecule has 1 heterocycles. The number of nitriles is 1. The van der Waals surface area contributed by atoms with Gasteiger partial charge in [-0.25, -0.2) is 4.99 Å². The summed E-state index contributed by atoms with van der Waals surface area (Å²) in [6.45, 7) is 1.87. The fraction of sp³-hybridized carbons (Fsp3) is 0.167. The Morgan fingerprint density at radius 3 is 2.79 bits per heavy atom. The first kappa shape index (κ1) is 16.6. The molecule has 0 saturated heterocycles. The molecular weight excluding hydrogens is 338 g/mol. The number of amides is 1. The molecule has 2 aromatic carbocycles. The molecule has 0 aliphatic carbocycles. The van der Waals surface area contributed by atoms with Gasteiger partial charge in [0.2, 0.25) is 5.91 Å². The van der Waals surface area contributed by atoms with E-state index in [0.717, 1.165) is 15.8 Å². The van der Waals surface area contributed by atoms with Crippen LogP contribution in [0.15, 0.2) is 53.5 Å². The van der Waals surface area contributed by atoms with Crippen LogP contribution in [0.1, 0.15) is 18.1 Å². The van der Waals surface area contributed by atoms with Gasteiger partial charge in [-0.3, -0.25) is 4.79 Å². The maximum absolute atomic E-state index is 12.3. The Labute approximate surface area is 149 Å². The van der Waals surface area contributed by atoms with Gasteiger partial charge >= 0.3 is 0 Å². The lowest BCUT2D eigenvalue weighted by Crippen LogP contribution is -2.23. The Hall–Kier alpha value is -2.23. The molecule has 0 fully saturated rings. The van der Waals surface area contributed by atoms with Crippen LogP contribution in [0.3, 0.4) is 0 Å². The summed E-state index contributed by atoms with van der Waals surface area (Å²) in [5.74, 6) is 0.804. The third-order valence-electron chi connectivity index (χ3n) is 3.48. The van der Waals surface area contributed by atoms with E-state index >= 15 is 0 Å². The summed E-state index contributed by atoms with van der Waals surface area (Å²) in [6, 6.07) is 17.0. The van der Waals surface area contributed by atoms with Crippen LogP contribution in [-0.4, -0.2) is 15.5 Å². The number of carbonyl (C=O) groups excluding carboxylic acids is 1. The average molecular weight is 353 g/mol. The molecule has 24 heavy (non-hydrogen) atoms. The summed E-state index contributed by atoms with van der Waals surface area (Å²) in [5.41, 5.74) is 3.47. The molecular formula is C18H15N3OS2. The number of nitrogens with one attached hydrogen (secondary N) is 1. The Morgan fingerprint density at radius 1 is 1.29 bits per heavy atom. The van der Waals surface area contributed by atoms with Crippen molar-refractivity contribution >= 4 is 45.2 Å². The van der Waals surface area contributed by atoms with Crippen LogP contribution in [0.25, 0.3) is 0 Å². The predicted molar refractivity (Wildman–Crippen MR) is 102 cm³/mol. The first-order chi connectivity index (χ1) is 11.7. The quantitative estimate of drug-likeness (QED) is 0.879. The Balaban J connectivity index is 1.62. The Morgan fingerprint density at radius 2 is 2.04 bits per heavy atom. The van der Waals surface area contributed by atoms with Crippen molar-refractivity contribution < 1.29 is 4.79 Å². The molecule has 0 spiro atoms. The number of para-hydroxylation sites is 1. The maximum Gasteiger partial charge on any atom is 0.237 e. The van der Waals surface area contributed by atoms with Gasteiger partial charge < -0.3 is 5.32 Å². The number of hydrogen-bond acceptors (Lipinski definition) is 5. The van der Waals surface area contributed by atoms with E-state index < -0.39 is 0 Å². The molecule has 4 nitrogen and oxygen atoms in total. The van der Waals surface area contributed by atoms with Crippen molar-refractivity contribution in [2.75, 3.05) is 5.32 Å². The minimum Gasteiger partial charge on any atom is -0.325 e. The SMILES string of the molecule is C[C@H](SC1=Nc2ccccc2CS1)C(=O)Nc1ccc(C#N)cc1. The van der Waals surface area contributed by atoms with Gasteiger partial charge in [-0.1, -0.05) is 41.7 Å². The molecule has 6 heteroatoms. The zero-order chi connectivity index (χ0) is 16.9. The van der Waals surface area contributed by atoms with Crippen LogP contribution in [0, 0.1) is 11.3 Å². The first-order valence-electron chi connectivity index (χ1n) is 7.43. The van der Waals surface area contributed by atoms with Crippen LogP contribution in [0.2, 0.25) is 0 Å². The molecule has 1 aliphatic rings. The zero-order valence-electron chi connectivity index (χ0n) is 13.0. The van der Waals surface area contributed by atoms with Crippen molar-refractivity contribution in [3.05, 3.63) is 59.7 Å². The highest BCUT2D eigenvalue weighted by atomic mass is 32.2. The van der Waals surface area contributed by atoms with Crippen molar-refractivity contribution in [1.29, 1.82) is 5.26 Å². The number of thioether (sulfide) groups is 2. The third kappa shape index (κ3) is 3.99. The van der Waals surface area contributed by atoms with Crippen LogP contribution in [-0.2, 0) is 10.5 Å². The fourth-order valence-corrected chi connectivity index (χ4v) is 4.34. The number of hydrogen-bond donors (Lipinski definition) is 1. The molecule has 1 aliphatic heterocycles. The second-order valence-corrected chi connectivity index (χ2v) is 7.79. The van der Waals surface area contributed by atoms with Gasteiger partial charge in [0.05, 0.1) is 22.6 Å². The standard InChI is InChI=1S/C18H15N3OS2/c1-12(17(22)20-15-8-6-13(10-19)7-9-15)24-18-21-16-5-3-2-4-14(16)11-23-18/h2-9,12H,11H2,1H3,(H,20,22)/t12-/m0/s1. The Bertz CT molecular complexity index is 825. The van der Waals surface area contributed by atoms with E-state index in [1.807, 2.05) is 25.1 Å². The van der Waals surface area contributed by atoms with Gasteiger partial charge in [-0.05, 0) is 42.8 Å². The molecule has 2 aromatic rings. The normalized spacial score (nSPS) is 14.1. The average Bonchev–Trinajstić information content (AvgIpc) is 2.62. The molecule has 0 radical (unpaired) electrons. The van der Waals surface area contributed by atoms with E-state index in [9.17, 15) is 4.79 Å². The highest BCUT2D eigenvalue weighted by molar-refractivity contribution is 8.39. The van der Waals surface area contributed by atoms with Crippen molar-refractivity contribution in [2.24, 2.45) is 4.99 Å². The lowest BCUT2D eigenvalue weighted by atomic mass is 10.2. The van der Waals surface area contributed by atoms with E-state index in [1.165, 1.54) is 17.3 Å². The summed E-state index contributed by atoms with van der Waals surface area (Å²) in [5, 5.41) is 11.4. The minimum absolute atomic E-state index is 0.0770. The topological polar surface area (TPSA) is 65.2 Å². The van der Waals surface area contributed by atoms with Gasteiger partial charge in [0.15, 0.2) is 0 Å². The summed E-state index contributed by atoms with van der Waals surface area (Å²) < 4.78 is 0.913. The largest absolute Gasteiger partial charge is 0.325 e. The summed E-state index contributed by atoms with van der Waals surface area (Å²) >= 11 is 3.13. The minimum atomic E-state index is -0.253. The van der Waals surface area contributed by atoms with E-state index in [2.05, 4.69) is 22.4 Å². The van der Waals surface area contributed by atoms with Gasteiger partial charge in [0, 0.05) is 11.4 Å². The van der Waals surface area contributed by atoms with Crippen molar-refractivity contribution in [3.8, 4) is 6.07 Å². The molecule has 0 unspecified atom stereocenters. The highest BCUT2D eigenvalue weighted by Crippen LogP contribution is 2.35. The third-order valence-corrected chi connectivity index (χ3v) is 5.78. The number of carbonyl (C=O) groups is 1. The molecule has 0 bridgehead atoms. The van der Waals surface area contributed by atoms with Crippen LogP contribution in [0.4, 0.5) is 11.4 Å². The second kappa shape index (κ2) is 7.56. The van der Waals surface area contributed by atoms with E-state index in [1.54, 1.807) is 36.0 Å². The second-order valence-electron chi connectivity index (χ2n) is 5.23. The number of aliphatic imine (C=N–C) groups is 1. The predicted octanol–water partition coefficient (Wildman–Crippen LogP) is 4.55. The Kier molecular flexibility index (Phi) is 5.24. The van der Waals surface area contributed by atoms with Gasteiger partial charge in [-0.15, -0.1) is 0 Å². The lowest BCUT2D eigenvalue weighted by Gasteiger charge is -2.17. The van der Waals surface area contributed by atoms with E-state index in [4.69, 9.17) is 5.26 Å². The van der Waals surface area contributed by atoms with Crippen molar-refractivity contribution in [3.63, 3.8) is 0 Å². The molecule has 1 atom stereocenters. The summed E-state index contributed by atoms with van der Waals surface area (Å²) in [6.07, 6.45) is 0.